The highest BCUT2D eigenvalue weighted by molar-refractivity contribution is 6.05. The van der Waals surface area contributed by atoms with Gasteiger partial charge in [0.05, 0.1) is 5.71 Å². The maximum absolute atomic E-state index is 12.4. The smallest absolute Gasteiger partial charge is 0.267 e. The zero-order valence-corrected chi connectivity index (χ0v) is 12.3. The summed E-state index contributed by atoms with van der Waals surface area (Å²) in [6.07, 6.45) is 3.88. The Hall–Kier alpha value is -2.69. The number of rotatable bonds is 4. The third kappa shape index (κ3) is 2.98. The lowest BCUT2D eigenvalue weighted by atomic mass is 9.95. The van der Waals surface area contributed by atoms with Gasteiger partial charge in [-0.3, -0.25) is 9.78 Å². The molecule has 0 radical (unpaired) electrons. The van der Waals surface area contributed by atoms with Gasteiger partial charge in [0.1, 0.15) is 0 Å². The number of nitrogens with one attached hydrogen (secondary N) is 1. The Morgan fingerprint density at radius 3 is 2.82 bits per heavy atom. The number of carbonyl (C=O) groups is 1. The van der Waals surface area contributed by atoms with Crippen molar-refractivity contribution in [1.29, 1.82) is 0 Å². The first-order chi connectivity index (χ1) is 10.7. The zero-order valence-electron chi connectivity index (χ0n) is 12.3. The van der Waals surface area contributed by atoms with Crippen LogP contribution in [0, 0.1) is 0 Å². The van der Waals surface area contributed by atoms with Crippen LogP contribution in [-0.2, 0) is 16.2 Å². The van der Waals surface area contributed by atoms with Crippen LogP contribution in [-0.4, -0.2) is 22.2 Å². The van der Waals surface area contributed by atoms with Gasteiger partial charge in [-0.25, -0.2) is 0 Å². The molecular weight excluding hydrogens is 278 g/mol. The Morgan fingerprint density at radius 1 is 1.27 bits per heavy atom. The van der Waals surface area contributed by atoms with Crippen LogP contribution in [0.15, 0.2) is 60.0 Å². The molecule has 0 aliphatic carbocycles. The molecule has 5 heteroatoms. The van der Waals surface area contributed by atoms with E-state index in [2.05, 4.69) is 15.5 Å². The Labute approximate surface area is 129 Å². The summed E-state index contributed by atoms with van der Waals surface area (Å²) in [6.45, 7) is 2.18. The Kier molecular flexibility index (Phi) is 3.87. The van der Waals surface area contributed by atoms with Crippen LogP contribution in [0.2, 0.25) is 0 Å². The fourth-order valence-corrected chi connectivity index (χ4v) is 2.32. The van der Waals surface area contributed by atoms with Gasteiger partial charge in [-0.15, -0.1) is 0 Å². The van der Waals surface area contributed by atoms with Crippen molar-refractivity contribution in [3.63, 3.8) is 0 Å². The summed E-state index contributed by atoms with van der Waals surface area (Å²) in [5.74, 6) is -0.175. The van der Waals surface area contributed by atoms with E-state index in [4.69, 9.17) is 4.84 Å². The minimum Gasteiger partial charge on any atom is -0.379 e. The molecule has 1 unspecified atom stereocenters. The Bertz CT molecular complexity index is 686. The molecule has 1 atom stereocenters. The van der Waals surface area contributed by atoms with Crippen molar-refractivity contribution in [2.24, 2.45) is 5.16 Å². The highest BCUT2D eigenvalue weighted by atomic mass is 16.7. The zero-order chi connectivity index (χ0) is 15.4. The number of hydrogen-bond donors (Lipinski definition) is 1. The number of oxime groups is 1. The van der Waals surface area contributed by atoms with Crippen molar-refractivity contribution in [3.8, 4) is 0 Å². The highest BCUT2D eigenvalue weighted by Gasteiger charge is 2.41. The molecule has 1 amide bonds. The van der Waals surface area contributed by atoms with Gasteiger partial charge in [-0.1, -0.05) is 41.6 Å². The first kappa shape index (κ1) is 14.3. The molecule has 2 aromatic rings. The van der Waals surface area contributed by atoms with Gasteiger partial charge in [0.15, 0.2) is 0 Å². The van der Waals surface area contributed by atoms with Crippen LogP contribution in [0.5, 0.6) is 0 Å². The van der Waals surface area contributed by atoms with Gasteiger partial charge in [0.2, 0.25) is 5.60 Å². The summed E-state index contributed by atoms with van der Waals surface area (Å²) in [4.78, 5) is 21.8. The lowest BCUT2D eigenvalue weighted by molar-refractivity contribution is -0.141. The number of amides is 1. The molecule has 0 bridgehead atoms. The van der Waals surface area contributed by atoms with E-state index in [-0.39, 0.29) is 5.91 Å². The van der Waals surface area contributed by atoms with E-state index in [1.807, 2.05) is 42.5 Å². The average molecular weight is 295 g/mol. The summed E-state index contributed by atoms with van der Waals surface area (Å²) >= 11 is 0. The predicted octanol–water partition coefficient (Wildman–Crippen LogP) is 2.28. The molecule has 0 saturated heterocycles. The number of pyridine rings is 1. The molecule has 0 fully saturated rings. The molecule has 1 aliphatic rings. The molecule has 22 heavy (non-hydrogen) atoms. The lowest BCUT2D eigenvalue weighted by Gasteiger charge is -2.20. The van der Waals surface area contributed by atoms with E-state index < -0.39 is 5.60 Å². The second-order valence-corrected chi connectivity index (χ2v) is 5.45. The van der Waals surface area contributed by atoms with E-state index in [9.17, 15) is 4.79 Å². The van der Waals surface area contributed by atoms with Crippen molar-refractivity contribution < 1.29 is 9.63 Å². The standard InChI is InChI=1S/C17H17N3O2/c1-17(16(21)19-12-13-6-5-9-18-11-13)10-15(20-22-17)14-7-3-2-4-8-14/h2-9,11H,10,12H2,1H3,(H,19,21). The first-order valence-electron chi connectivity index (χ1n) is 7.15. The second kappa shape index (κ2) is 5.97. The quantitative estimate of drug-likeness (QED) is 0.941. The minimum atomic E-state index is -0.965. The van der Waals surface area contributed by atoms with E-state index in [0.717, 1.165) is 16.8 Å². The fourth-order valence-electron chi connectivity index (χ4n) is 2.32. The number of aromatic nitrogens is 1. The van der Waals surface area contributed by atoms with Crippen molar-refractivity contribution in [2.75, 3.05) is 0 Å². The Morgan fingerprint density at radius 2 is 2.09 bits per heavy atom. The van der Waals surface area contributed by atoms with Crippen LogP contribution < -0.4 is 5.32 Å². The summed E-state index contributed by atoms with van der Waals surface area (Å²) < 4.78 is 0. The van der Waals surface area contributed by atoms with Crippen LogP contribution in [0.25, 0.3) is 0 Å². The summed E-state index contributed by atoms with van der Waals surface area (Å²) in [5, 5.41) is 6.95. The molecule has 5 nitrogen and oxygen atoms in total. The molecule has 2 heterocycles. The van der Waals surface area contributed by atoms with Gasteiger partial charge in [0.25, 0.3) is 5.91 Å². The van der Waals surface area contributed by atoms with Gasteiger partial charge < -0.3 is 10.2 Å². The second-order valence-electron chi connectivity index (χ2n) is 5.45. The van der Waals surface area contributed by atoms with Crippen LogP contribution in [0.4, 0.5) is 0 Å². The number of nitrogens with zero attached hydrogens (tertiary/aromatic N) is 2. The van der Waals surface area contributed by atoms with Crippen molar-refractivity contribution in [3.05, 3.63) is 66.0 Å². The maximum Gasteiger partial charge on any atom is 0.267 e. The summed E-state index contributed by atoms with van der Waals surface area (Å²) in [5.41, 5.74) is 1.75. The predicted molar refractivity (Wildman–Crippen MR) is 83.2 cm³/mol. The van der Waals surface area contributed by atoms with Crippen molar-refractivity contribution in [2.45, 2.75) is 25.5 Å². The molecule has 112 valence electrons. The lowest BCUT2D eigenvalue weighted by Crippen LogP contribution is -2.44. The minimum absolute atomic E-state index is 0.175. The molecule has 0 spiro atoms. The van der Waals surface area contributed by atoms with Crippen LogP contribution >= 0.6 is 0 Å². The SMILES string of the molecule is CC1(C(=O)NCc2cccnc2)CC(c2ccccc2)=NO1. The van der Waals surface area contributed by atoms with Gasteiger partial charge in [0, 0.05) is 25.4 Å². The van der Waals surface area contributed by atoms with E-state index in [1.54, 1.807) is 19.3 Å². The van der Waals surface area contributed by atoms with Crippen LogP contribution in [0.1, 0.15) is 24.5 Å². The monoisotopic (exact) mass is 295 g/mol. The third-order valence-electron chi connectivity index (χ3n) is 3.63. The third-order valence-corrected chi connectivity index (χ3v) is 3.63. The fraction of sp³-hybridized carbons (Fsp3) is 0.235. The maximum atomic E-state index is 12.4. The van der Waals surface area contributed by atoms with Crippen LogP contribution in [0.3, 0.4) is 0 Å². The number of hydrogen-bond acceptors (Lipinski definition) is 4. The topological polar surface area (TPSA) is 63.6 Å². The molecular formula is C17H17N3O2. The van der Waals surface area contributed by atoms with E-state index in [1.165, 1.54) is 0 Å². The van der Waals surface area contributed by atoms with Crippen molar-refractivity contribution in [1.82, 2.24) is 10.3 Å². The summed E-state index contributed by atoms with van der Waals surface area (Å²) in [6, 6.07) is 13.5. The molecule has 1 aliphatic heterocycles. The van der Waals surface area contributed by atoms with Crippen molar-refractivity contribution >= 4 is 11.6 Å². The number of carbonyl (C=O) groups excluding carboxylic acids is 1. The highest BCUT2D eigenvalue weighted by Crippen LogP contribution is 2.26. The van der Waals surface area contributed by atoms with Gasteiger partial charge in [-0.05, 0) is 24.1 Å². The van der Waals surface area contributed by atoms with E-state index in [0.29, 0.717) is 13.0 Å². The molecule has 0 saturated carbocycles. The van der Waals surface area contributed by atoms with Gasteiger partial charge in [-0.2, -0.15) is 0 Å². The van der Waals surface area contributed by atoms with Gasteiger partial charge >= 0.3 is 0 Å². The largest absolute Gasteiger partial charge is 0.379 e. The molecule has 1 aromatic heterocycles. The number of benzene rings is 1. The molecule has 3 rings (SSSR count). The average Bonchev–Trinajstić information content (AvgIpc) is 2.98. The molecule has 1 N–H and O–H groups in total. The molecule has 1 aromatic carbocycles. The Balaban J connectivity index is 1.62. The first-order valence-corrected chi connectivity index (χ1v) is 7.15. The summed E-state index contributed by atoms with van der Waals surface area (Å²) in [7, 11) is 0. The normalized spacial score (nSPS) is 20.1. The van der Waals surface area contributed by atoms with E-state index >= 15 is 0 Å².